The van der Waals surface area contributed by atoms with Gasteiger partial charge in [0.1, 0.15) is 6.10 Å². The maximum absolute atomic E-state index is 13.4. The zero-order chi connectivity index (χ0) is 13.0. The van der Waals surface area contributed by atoms with Crippen LogP contribution in [0.5, 0.6) is 0 Å². The lowest BCUT2D eigenvalue weighted by Crippen LogP contribution is -2.27. The molecular formula is C13H18F2O2. The molecule has 0 saturated heterocycles. The van der Waals surface area contributed by atoms with Crippen LogP contribution in [0.1, 0.15) is 38.4 Å². The molecule has 2 nitrogen and oxygen atoms in total. The Hall–Kier alpha value is -1.00. The molecule has 0 radical (unpaired) electrons. The summed E-state index contributed by atoms with van der Waals surface area (Å²) >= 11 is 0. The number of benzene rings is 1. The quantitative estimate of drug-likeness (QED) is 0.836. The molecule has 1 aromatic carbocycles. The molecule has 0 bridgehead atoms. The van der Waals surface area contributed by atoms with Gasteiger partial charge in [0, 0.05) is 5.56 Å². The molecule has 1 aromatic rings. The van der Waals surface area contributed by atoms with Crippen molar-refractivity contribution in [1.82, 2.24) is 0 Å². The molecule has 4 heteroatoms. The first-order chi connectivity index (χ1) is 8.02. The highest BCUT2D eigenvalue weighted by molar-refractivity contribution is 5.22. The molecule has 0 aliphatic rings. The Labute approximate surface area is 99.9 Å². The van der Waals surface area contributed by atoms with E-state index in [1.807, 2.05) is 13.8 Å². The Kier molecular flexibility index (Phi) is 5.02. The highest BCUT2D eigenvalue weighted by Gasteiger charge is 2.27. The van der Waals surface area contributed by atoms with Crippen molar-refractivity contribution in [3.05, 3.63) is 35.4 Å². The van der Waals surface area contributed by atoms with Crippen LogP contribution in [-0.2, 0) is 0 Å². The molecule has 0 heterocycles. The maximum atomic E-state index is 13.4. The van der Waals surface area contributed by atoms with Gasteiger partial charge in [0.2, 0.25) is 0 Å². The van der Waals surface area contributed by atoms with Gasteiger partial charge in [-0.15, -0.1) is 0 Å². The molecule has 0 aliphatic heterocycles. The average Bonchev–Trinajstić information content (AvgIpc) is 2.33. The molecule has 0 amide bonds. The first kappa shape index (κ1) is 14.1. The predicted molar refractivity (Wildman–Crippen MR) is 61.4 cm³/mol. The van der Waals surface area contributed by atoms with Crippen molar-refractivity contribution < 1.29 is 19.0 Å². The van der Waals surface area contributed by atoms with E-state index < -0.39 is 23.8 Å². The third-order valence-electron chi connectivity index (χ3n) is 3.16. The van der Waals surface area contributed by atoms with Crippen LogP contribution in [0, 0.1) is 17.6 Å². The van der Waals surface area contributed by atoms with Gasteiger partial charge in [-0.05, 0) is 12.0 Å². The molecule has 0 saturated carbocycles. The normalized spacial score (nSPS) is 15.0. The molecule has 0 spiro atoms. The molecule has 17 heavy (non-hydrogen) atoms. The van der Waals surface area contributed by atoms with Gasteiger partial charge in [-0.3, -0.25) is 0 Å². The Morgan fingerprint density at radius 1 is 1.12 bits per heavy atom. The number of aliphatic hydroxyl groups excluding tert-OH is 2. The van der Waals surface area contributed by atoms with Crippen LogP contribution in [0.4, 0.5) is 8.78 Å². The lowest BCUT2D eigenvalue weighted by Gasteiger charge is -2.25. The minimum Gasteiger partial charge on any atom is -0.390 e. The molecule has 96 valence electrons. The lowest BCUT2D eigenvalue weighted by atomic mass is 9.89. The summed E-state index contributed by atoms with van der Waals surface area (Å²) in [5, 5.41) is 19.8. The van der Waals surface area contributed by atoms with E-state index in [2.05, 4.69) is 0 Å². The predicted octanol–water partition coefficient (Wildman–Crippen LogP) is 2.80. The molecule has 0 fully saturated rings. The topological polar surface area (TPSA) is 40.5 Å². The summed E-state index contributed by atoms with van der Waals surface area (Å²) in [6.45, 7) is 3.76. The highest BCUT2D eigenvalue weighted by Crippen LogP contribution is 2.28. The van der Waals surface area contributed by atoms with Crippen LogP contribution in [0.25, 0.3) is 0 Å². The summed E-state index contributed by atoms with van der Waals surface area (Å²) in [5.74, 6) is -2.24. The number of hydrogen-bond donors (Lipinski definition) is 2. The van der Waals surface area contributed by atoms with Crippen LogP contribution >= 0.6 is 0 Å². The summed E-state index contributed by atoms with van der Waals surface area (Å²) in [6, 6.07) is 3.58. The van der Waals surface area contributed by atoms with Crippen molar-refractivity contribution in [3.8, 4) is 0 Å². The fraction of sp³-hybridized carbons (Fsp3) is 0.538. The Bertz CT molecular complexity index is 364. The number of aliphatic hydroxyl groups is 2. The summed E-state index contributed by atoms with van der Waals surface area (Å²) in [5.41, 5.74) is -0.190. The van der Waals surface area contributed by atoms with E-state index >= 15 is 0 Å². The van der Waals surface area contributed by atoms with E-state index in [-0.39, 0.29) is 11.5 Å². The van der Waals surface area contributed by atoms with Gasteiger partial charge in [-0.2, -0.15) is 0 Å². The Balaban J connectivity index is 2.95. The van der Waals surface area contributed by atoms with Crippen LogP contribution in [0.2, 0.25) is 0 Å². The fourth-order valence-corrected chi connectivity index (χ4v) is 1.96. The monoisotopic (exact) mass is 244 g/mol. The maximum Gasteiger partial charge on any atom is 0.164 e. The van der Waals surface area contributed by atoms with Crippen LogP contribution in [0.3, 0.4) is 0 Å². The second kappa shape index (κ2) is 6.07. The minimum atomic E-state index is -1.39. The number of hydrogen-bond acceptors (Lipinski definition) is 2. The zero-order valence-electron chi connectivity index (χ0n) is 10.0. The lowest BCUT2D eigenvalue weighted by molar-refractivity contribution is -0.0228. The minimum absolute atomic E-state index is 0.132. The van der Waals surface area contributed by atoms with Gasteiger partial charge in [0.25, 0.3) is 0 Å². The van der Waals surface area contributed by atoms with Crippen molar-refractivity contribution in [2.45, 2.75) is 38.9 Å². The first-order valence-electron chi connectivity index (χ1n) is 5.82. The summed E-state index contributed by atoms with van der Waals surface area (Å²) in [6.07, 6.45) is -1.13. The van der Waals surface area contributed by atoms with E-state index in [9.17, 15) is 19.0 Å². The second-order valence-electron chi connectivity index (χ2n) is 4.16. The van der Waals surface area contributed by atoms with Crippen molar-refractivity contribution in [1.29, 1.82) is 0 Å². The number of rotatable bonds is 5. The van der Waals surface area contributed by atoms with Gasteiger partial charge >= 0.3 is 0 Å². The standard InChI is InChI=1S/C13H18F2O2/c1-3-8(4-2)12(16)13(17)9-6-5-7-10(14)11(9)15/h5-8,12-13,16-17H,3-4H2,1-2H3. The van der Waals surface area contributed by atoms with E-state index in [4.69, 9.17) is 0 Å². The third kappa shape index (κ3) is 3.01. The van der Waals surface area contributed by atoms with Crippen molar-refractivity contribution >= 4 is 0 Å². The van der Waals surface area contributed by atoms with Crippen molar-refractivity contribution in [2.75, 3.05) is 0 Å². The van der Waals surface area contributed by atoms with E-state index in [0.29, 0.717) is 12.8 Å². The zero-order valence-corrected chi connectivity index (χ0v) is 10.0. The van der Waals surface area contributed by atoms with Crippen LogP contribution < -0.4 is 0 Å². The van der Waals surface area contributed by atoms with Crippen LogP contribution in [-0.4, -0.2) is 16.3 Å². The van der Waals surface area contributed by atoms with Gasteiger partial charge in [0.05, 0.1) is 6.10 Å². The second-order valence-corrected chi connectivity index (χ2v) is 4.16. The fourth-order valence-electron chi connectivity index (χ4n) is 1.96. The first-order valence-corrected chi connectivity index (χ1v) is 5.82. The number of halogens is 2. The summed E-state index contributed by atoms with van der Waals surface area (Å²) < 4.78 is 26.4. The van der Waals surface area contributed by atoms with Gasteiger partial charge in [-0.25, -0.2) is 8.78 Å². The van der Waals surface area contributed by atoms with E-state index in [1.165, 1.54) is 12.1 Å². The molecule has 0 aliphatic carbocycles. The van der Waals surface area contributed by atoms with Gasteiger partial charge in [0.15, 0.2) is 11.6 Å². The largest absolute Gasteiger partial charge is 0.390 e. The van der Waals surface area contributed by atoms with Gasteiger partial charge < -0.3 is 10.2 Å². The smallest absolute Gasteiger partial charge is 0.164 e. The van der Waals surface area contributed by atoms with E-state index in [1.54, 1.807) is 0 Å². The SMILES string of the molecule is CCC(CC)C(O)C(O)c1cccc(F)c1F. The average molecular weight is 244 g/mol. The molecule has 0 aromatic heterocycles. The molecule has 2 N–H and O–H groups in total. The Morgan fingerprint density at radius 2 is 1.71 bits per heavy atom. The molecular weight excluding hydrogens is 226 g/mol. The highest BCUT2D eigenvalue weighted by atomic mass is 19.2. The molecule has 2 atom stereocenters. The summed E-state index contributed by atoms with van der Waals surface area (Å²) in [7, 11) is 0. The van der Waals surface area contributed by atoms with Crippen molar-refractivity contribution in [2.24, 2.45) is 5.92 Å². The molecule has 1 rings (SSSR count). The van der Waals surface area contributed by atoms with Crippen LogP contribution in [0.15, 0.2) is 18.2 Å². The van der Waals surface area contributed by atoms with Crippen molar-refractivity contribution in [3.63, 3.8) is 0 Å². The summed E-state index contributed by atoms with van der Waals surface area (Å²) in [4.78, 5) is 0. The Morgan fingerprint density at radius 3 is 2.24 bits per heavy atom. The van der Waals surface area contributed by atoms with Gasteiger partial charge in [-0.1, -0.05) is 38.8 Å². The molecule has 2 unspecified atom stereocenters. The third-order valence-corrected chi connectivity index (χ3v) is 3.16. The van der Waals surface area contributed by atoms with E-state index in [0.717, 1.165) is 6.07 Å².